The van der Waals surface area contributed by atoms with Crippen molar-refractivity contribution in [3.8, 4) is 23.1 Å². The molecule has 29 heavy (non-hydrogen) atoms. The van der Waals surface area contributed by atoms with Gasteiger partial charge in [0.2, 0.25) is 11.8 Å². The molecule has 3 N–H and O–H groups in total. The number of benzene rings is 2. The van der Waals surface area contributed by atoms with Gasteiger partial charge in [-0.15, -0.1) is 0 Å². The molecular formula is C21H19N3O5. The summed E-state index contributed by atoms with van der Waals surface area (Å²) in [5, 5.41) is 2.75. The molecule has 0 saturated heterocycles. The molecule has 0 fully saturated rings. The first-order valence-corrected chi connectivity index (χ1v) is 8.57. The Hall–Kier alpha value is -4.07. The fourth-order valence-corrected chi connectivity index (χ4v) is 2.53. The SMILES string of the molecule is COc1ccc(C(=O)Nc2ccc(Oc3cccc(C(N)=O)c3)nc2)cc1OC. The van der Waals surface area contributed by atoms with Gasteiger partial charge < -0.3 is 25.3 Å². The number of amides is 2. The number of hydrogen-bond donors (Lipinski definition) is 2. The Labute approximate surface area is 167 Å². The summed E-state index contributed by atoms with van der Waals surface area (Å²) in [4.78, 5) is 27.8. The first-order valence-electron chi connectivity index (χ1n) is 8.57. The number of carbonyl (C=O) groups excluding carboxylic acids is 2. The number of primary amides is 1. The predicted octanol–water partition coefficient (Wildman–Crippen LogP) is 3.24. The molecule has 0 atom stereocenters. The molecule has 0 aliphatic rings. The number of hydrogen-bond acceptors (Lipinski definition) is 6. The normalized spacial score (nSPS) is 10.1. The van der Waals surface area contributed by atoms with Crippen LogP contribution in [0.25, 0.3) is 0 Å². The van der Waals surface area contributed by atoms with Gasteiger partial charge in [-0.25, -0.2) is 4.98 Å². The number of nitrogens with one attached hydrogen (secondary N) is 1. The summed E-state index contributed by atoms with van der Waals surface area (Å²) in [5.74, 6) is 0.853. The van der Waals surface area contributed by atoms with Gasteiger partial charge in [-0.1, -0.05) is 6.07 Å². The monoisotopic (exact) mass is 393 g/mol. The number of methoxy groups -OCH3 is 2. The summed E-state index contributed by atoms with van der Waals surface area (Å²) in [6.45, 7) is 0. The number of aromatic nitrogens is 1. The first-order chi connectivity index (χ1) is 14.0. The van der Waals surface area contributed by atoms with Crippen LogP contribution in [0.2, 0.25) is 0 Å². The number of pyridine rings is 1. The van der Waals surface area contributed by atoms with Crippen molar-refractivity contribution in [1.29, 1.82) is 0 Å². The molecule has 148 valence electrons. The van der Waals surface area contributed by atoms with Crippen molar-refractivity contribution in [3.63, 3.8) is 0 Å². The van der Waals surface area contributed by atoms with E-state index in [9.17, 15) is 9.59 Å². The minimum absolute atomic E-state index is 0.302. The largest absolute Gasteiger partial charge is 0.493 e. The zero-order valence-electron chi connectivity index (χ0n) is 15.8. The zero-order valence-corrected chi connectivity index (χ0v) is 15.8. The average Bonchev–Trinajstić information content (AvgIpc) is 2.74. The Morgan fingerprint density at radius 1 is 0.931 bits per heavy atom. The number of ether oxygens (including phenoxy) is 3. The van der Waals surface area contributed by atoms with E-state index in [1.807, 2.05) is 0 Å². The summed E-state index contributed by atoms with van der Waals surface area (Å²) in [6.07, 6.45) is 1.46. The van der Waals surface area contributed by atoms with Crippen molar-refractivity contribution in [3.05, 3.63) is 71.9 Å². The van der Waals surface area contributed by atoms with Gasteiger partial charge in [0, 0.05) is 17.2 Å². The molecule has 8 nitrogen and oxygen atoms in total. The van der Waals surface area contributed by atoms with E-state index >= 15 is 0 Å². The first kappa shape index (κ1) is 19.7. The molecule has 0 aliphatic heterocycles. The van der Waals surface area contributed by atoms with E-state index in [1.54, 1.807) is 48.5 Å². The van der Waals surface area contributed by atoms with Crippen molar-refractivity contribution < 1.29 is 23.8 Å². The van der Waals surface area contributed by atoms with Gasteiger partial charge in [-0.3, -0.25) is 9.59 Å². The fraction of sp³-hybridized carbons (Fsp3) is 0.0952. The number of carbonyl (C=O) groups is 2. The minimum atomic E-state index is -0.545. The van der Waals surface area contributed by atoms with Crippen molar-refractivity contribution in [1.82, 2.24) is 4.98 Å². The lowest BCUT2D eigenvalue weighted by Gasteiger charge is -2.10. The molecule has 8 heteroatoms. The highest BCUT2D eigenvalue weighted by Crippen LogP contribution is 2.28. The van der Waals surface area contributed by atoms with E-state index in [-0.39, 0.29) is 5.91 Å². The Morgan fingerprint density at radius 2 is 1.72 bits per heavy atom. The molecule has 0 bridgehead atoms. The lowest BCUT2D eigenvalue weighted by atomic mass is 10.2. The van der Waals surface area contributed by atoms with Crippen molar-refractivity contribution in [2.24, 2.45) is 5.73 Å². The second kappa shape index (κ2) is 8.75. The topological polar surface area (TPSA) is 113 Å². The third kappa shape index (κ3) is 4.81. The van der Waals surface area contributed by atoms with Gasteiger partial charge in [-0.2, -0.15) is 0 Å². The zero-order chi connectivity index (χ0) is 20.8. The molecule has 0 spiro atoms. The molecule has 2 amide bonds. The van der Waals surface area contributed by atoms with Crippen LogP contribution in [0.3, 0.4) is 0 Å². The Morgan fingerprint density at radius 3 is 2.38 bits per heavy atom. The number of nitrogens with two attached hydrogens (primary N) is 1. The van der Waals surface area contributed by atoms with Crippen LogP contribution in [-0.4, -0.2) is 31.0 Å². The summed E-state index contributed by atoms with van der Waals surface area (Å²) in [6, 6.07) is 14.6. The van der Waals surface area contributed by atoms with Gasteiger partial charge >= 0.3 is 0 Å². The quantitative estimate of drug-likeness (QED) is 0.637. The maximum atomic E-state index is 12.4. The van der Waals surface area contributed by atoms with Gasteiger partial charge in [0.15, 0.2) is 11.5 Å². The van der Waals surface area contributed by atoms with Crippen LogP contribution >= 0.6 is 0 Å². The molecule has 0 radical (unpaired) electrons. The van der Waals surface area contributed by atoms with E-state index in [1.165, 1.54) is 26.5 Å². The summed E-state index contributed by atoms with van der Waals surface area (Å²) in [5.41, 5.74) is 6.49. The second-order valence-electron chi connectivity index (χ2n) is 5.90. The summed E-state index contributed by atoms with van der Waals surface area (Å²) >= 11 is 0. The number of anilines is 1. The Bertz CT molecular complexity index is 1030. The molecule has 0 unspecified atom stereocenters. The highest BCUT2D eigenvalue weighted by molar-refractivity contribution is 6.04. The molecule has 3 rings (SSSR count). The maximum Gasteiger partial charge on any atom is 0.255 e. The molecule has 3 aromatic rings. The van der Waals surface area contributed by atoms with Crippen LogP contribution < -0.4 is 25.3 Å². The fourth-order valence-electron chi connectivity index (χ4n) is 2.53. The van der Waals surface area contributed by atoms with Crippen LogP contribution in [0, 0.1) is 0 Å². The Balaban J connectivity index is 1.68. The third-order valence-electron chi connectivity index (χ3n) is 3.98. The highest BCUT2D eigenvalue weighted by atomic mass is 16.5. The van der Waals surface area contributed by atoms with Crippen molar-refractivity contribution >= 4 is 17.5 Å². The maximum absolute atomic E-state index is 12.4. The van der Waals surface area contributed by atoms with Gasteiger partial charge in [0.1, 0.15) is 5.75 Å². The average molecular weight is 393 g/mol. The summed E-state index contributed by atoms with van der Waals surface area (Å²) in [7, 11) is 3.03. The van der Waals surface area contributed by atoms with E-state index in [0.717, 1.165) is 0 Å². The van der Waals surface area contributed by atoms with Crippen LogP contribution in [0.4, 0.5) is 5.69 Å². The minimum Gasteiger partial charge on any atom is -0.493 e. The predicted molar refractivity (Wildman–Crippen MR) is 107 cm³/mol. The van der Waals surface area contributed by atoms with Gasteiger partial charge in [0.05, 0.1) is 26.1 Å². The summed E-state index contributed by atoms with van der Waals surface area (Å²) < 4.78 is 16.0. The van der Waals surface area contributed by atoms with E-state index < -0.39 is 5.91 Å². The molecule has 2 aromatic carbocycles. The van der Waals surface area contributed by atoms with Crippen LogP contribution in [0.15, 0.2) is 60.8 Å². The molecule has 1 aromatic heterocycles. The standard InChI is InChI=1S/C21H19N3O5/c1-27-17-8-6-14(11-18(17)28-2)21(26)24-15-7-9-19(23-12-15)29-16-5-3-4-13(10-16)20(22)25/h3-12H,1-2H3,(H2,22,25)(H,24,26). The smallest absolute Gasteiger partial charge is 0.255 e. The molecule has 0 aliphatic carbocycles. The lowest BCUT2D eigenvalue weighted by molar-refractivity contribution is 0.0997. The second-order valence-corrected chi connectivity index (χ2v) is 5.90. The van der Waals surface area contributed by atoms with Crippen LogP contribution in [-0.2, 0) is 0 Å². The Kier molecular flexibility index (Phi) is 5.94. The van der Waals surface area contributed by atoms with Gasteiger partial charge in [0.25, 0.3) is 5.91 Å². The van der Waals surface area contributed by atoms with Crippen molar-refractivity contribution in [2.75, 3.05) is 19.5 Å². The molecule has 0 saturated carbocycles. The van der Waals surface area contributed by atoms with Crippen LogP contribution in [0.5, 0.6) is 23.1 Å². The highest BCUT2D eigenvalue weighted by Gasteiger charge is 2.11. The van der Waals surface area contributed by atoms with E-state index in [4.69, 9.17) is 19.9 Å². The third-order valence-corrected chi connectivity index (χ3v) is 3.98. The van der Waals surface area contributed by atoms with Crippen molar-refractivity contribution in [2.45, 2.75) is 0 Å². The number of nitrogens with zero attached hydrogens (tertiary/aromatic N) is 1. The number of rotatable bonds is 7. The van der Waals surface area contributed by atoms with E-state index in [0.29, 0.717) is 39.9 Å². The van der Waals surface area contributed by atoms with Crippen LogP contribution in [0.1, 0.15) is 20.7 Å². The molecule has 1 heterocycles. The molecular weight excluding hydrogens is 374 g/mol. The lowest BCUT2D eigenvalue weighted by Crippen LogP contribution is -2.12. The van der Waals surface area contributed by atoms with Gasteiger partial charge in [-0.05, 0) is 42.5 Å². The van der Waals surface area contributed by atoms with E-state index in [2.05, 4.69) is 10.3 Å².